The summed E-state index contributed by atoms with van der Waals surface area (Å²) in [7, 11) is 0. The zero-order valence-corrected chi connectivity index (χ0v) is 13.5. The lowest BCUT2D eigenvalue weighted by Gasteiger charge is -2.11. The standard InChI is InChI=1S/C16H13Cl2N5/c17-12-2-1-3-13(18)16(12)23-15-8-14(21-10-22-15)20-9-11-4-6-19-7-5-11/h1-8,10H,9H2,(H2,20,21,22,23). The first kappa shape index (κ1) is 15.5. The molecule has 0 aliphatic carbocycles. The zero-order chi connectivity index (χ0) is 16.1. The Kier molecular flexibility index (Phi) is 4.90. The molecule has 0 aliphatic heterocycles. The quantitative estimate of drug-likeness (QED) is 0.710. The van der Waals surface area contributed by atoms with Crippen LogP contribution in [0, 0.1) is 0 Å². The van der Waals surface area contributed by atoms with Gasteiger partial charge in [-0.3, -0.25) is 4.98 Å². The van der Waals surface area contributed by atoms with Crippen LogP contribution in [0.3, 0.4) is 0 Å². The molecule has 2 heterocycles. The van der Waals surface area contributed by atoms with Crippen LogP contribution >= 0.6 is 23.2 Å². The monoisotopic (exact) mass is 345 g/mol. The van der Waals surface area contributed by atoms with Crippen molar-refractivity contribution in [2.75, 3.05) is 10.6 Å². The van der Waals surface area contributed by atoms with Gasteiger partial charge in [-0.2, -0.15) is 0 Å². The van der Waals surface area contributed by atoms with Crippen molar-refractivity contribution >= 4 is 40.5 Å². The molecule has 2 N–H and O–H groups in total. The lowest BCUT2D eigenvalue weighted by Crippen LogP contribution is -2.03. The van der Waals surface area contributed by atoms with Gasteiger partial charge in [0.05, 0.1) is 15.7 Å². The normalized spacial score (nSPS) is 10.3. The molecule has 1 aromatic carbocycles. The van der Waals surface area contributed by atoms with E-state index in [1.54, 1.807) is 36.7 Å². The summed E-state index contributed by atoms with van der Waals surface area (Å²) in [6, 6.07) is 11.0. The second-order valence-corrected chi connectivity index (χ2v) is 5.53. The highest BCUT2D eigenvalue weighted by Crippen LogP contribution is 2.32. The first-order valence-corrected chi connectivity index (χ1v) is 7.64. The van der Waals surface area contributed by atoms with E-state index in [-0.39, 0.29) is 0 Å². The summed E-state index contributed by atoms with van der Waals surface area (Å²) in [5.74, 6) is 1.30. The van der Waals surface area contributed by atoms with Crippen molar-refractivity contribution in [3.05, 3.63) is 70.7 Å². The fourth-order valence-electron chi connectivity index (χ4n) is 1.96. The van der Waals surface area contributed by atoms with Gasteiger partial charge in [0.2, 0.25) is 0 Å². The van der Waals surface area contributed by atoms with Gasteiger partial charge < -0.3 is 10.6 Å². The first-order chi connectivity index (χ1) is 11.2. The van der Waals surface area contributed by atoms with Crippen LogP contribution < -0.4 is 10.6 Å². The van der Waals surface area contributed by atoms with E-state index in [0.29, 0.717) is 33.9 Å². The van der Waals surface area contributed by atoms with Gasteiger partial charge in [0.1, 0.15) is 18.0 Å². The van der Waals surface area contributed by atoms with Crippen LogP contribution in [-0.2, 0) is 6.54 Å². The molecule has 0 fully saturated rings. The predicted molar refractivity (Wildman–Crippen MR) is 93.3 cm³/mol. The number of anilines is 3. The molecule has 0 radical (unpaired) electrons. The number of hydrogen-bond donors (Lipinski definition) is 2. The number of halogens is 2. The van der Waals surface area contributed by atoms with E-state index in [4.69, 9.17) is 23.2 Å². The Hall–Kier alpha value is -2.37. The average Bonchev–Trinajstić information content (AvgIpc) is 2.58. The van der Waals surface area contributed by atoms with Crippen molar-refractivity contribution in [3.8, 4) is 0 Å². The van der Waals surface area contributed by atoms with Crippen LogP contribution in [-0.4, -0.2) is 15.0 Å². The van der Waals surface area contributed by atoms with Gasteiger partial charge in [0.15, 0.2) is 0 Å². The van der Waals surface area contributed by atoms with E-state index in [1.807, 2.05) is 12.1 Å². The summed E-state index contributed by atoms with van der Waals surface area (Å²) in [5.41, 5.74) is 1.73. The topological polar surface area (TPSA) is 62.7 Å². The Labute approximate surface area is 143 Å². The van der Waals surface area contributed by atoms with E-state index in [0.717, 1.165) is 5.56 Å². The molecular formula is C16H13Cl2N5. The fraction of sp³-hybridized carbons (Fsp3) is 0.0625. The van der Waals surface area contributed by atoms with E-state index < -0.39 is 0 Å². The third kappa shape index (κ3) is 4.09. The number of para-hydroxylation sites is 1. The fourth-order valence-corrected chi connectivity index (χ4v) is 2.45. The SMILES string of the molecule is Clc1cccc(Cl)c1Nc1cc(NCc2ccncc2)ncn1. The van der Waals surface area contributed by atoms with Gasteiger partial charge >= 0.3 is 0 Å². The van der Waals surface area contributed by atoms with Gasteiger partial charge in [-0.1, -0.05) is 29.3 Å². The molecule has 0 aliphatic rings. The highest BCUT2D eigenvalue weighted by molar-refractivity contribution is 6.39. The molecule has 116 valence electrons. The molecule has 2 aromatic heterocycles. The van der Waals surface area contributed by atoms with Crippen LogP contribution in [0.5, 0.6) is 0 Å². The molecule has 23 heavy (non-hydrogen) atoms. The molecule has 5 nitrogen and oxygen atoms in total. The molecular weight excluding hydrogens is 333 g/mol. The number of nitrogens with zero attached hydrogens (tertiary/aromatic N) is 3. The van der Waals surface area contributed by atoms with E-state index in [9.17, 15) is 0 Å². The molecule has 3 aromatic rings. The largest absolute Gasteiger partial charge is 0.366 e. The van der Waals surface area contributed by atoms with E-state index in [2.05, 4.69) is 25.6 Å². The minimum absolute atomic E-state index is 0.530. The van der Waals surface area contributed by atoms with Gasteiger partial charge in [-0.25, -0.2) is 9.97 Å². The summed E-state index contributed by atoms with van der Waals surface area (Å²) in [4.78, 5) is 12.4. The highest BCUT2D eigenvalue weighted by atomic mass is 35.5. The smallest absolute Gasteiger partial charge is 0.135 e. The third-order valence-corrected chi connectivity index (χ3v) is 3.74. The molecule has 0 atom stereocenters. The minimum Gasteiger partial charge on any atom is -0.366 e. The maximum absolute atomic E-state index is 6.15. The van der Waals surface area contributed by atoms with Crippen molar-refractivity contribution in [1.29, 1.82) is 0 Å². The molecule has 0 unspecified atom stereocenters. The number of aromatic nitrogens is 3. The van der Waals surface area contributed by atoms with Crippen molar-refractivity contribution in [2.45, 2.75) is 6.54 Å². The summed E-state index contributed by atoms with van der Waals surface area (Å²) >= 11 is 12.3. The zero-order valence-electron chi connectivity index (χ0n) is 12.0. The summed E-state index contributed by atoms with van der Waals surface area (Å²) in [5, 5.41) is 7.41. The second-order valence-electron chi connectivity index (χ2n) is 4.72. The van der Waals surface area contributed by atoms with Crippen molar-refractivity contribution in [3.63, 3.8) is 0 Å². The van der Waals surface area contributed by atoms with Crippen LogP contribution in [0.2, 0.25) is 10.0 Å². The number of pyridine rings is 1. The Morgan fingerprint density at radius 1 is 0.913 bits per heavy atom. The maximum atomic E-state index is 6.15. The maximum Gasteiger partial charge on any atom is 0.135 e. The van der Waals surface area contributed by atoms with Crippen LogP contribution in [0.1, 0.15) is 5.56 Å². The van der Waals surface area contributed by atoms with Crippen LogP contribution in [0.15, 0.2) is 55.1 Å². The lowest BCUT2D eigenvalue weighted by molar-refractivity contribution is 1.07. The molecule has 0 amide bonds. The molecule has 0 bridgehead atoms. The van der Waals surface area contributed by atoms with Gasteiger partial charge in [0.25, 0.3) is 0 Å². The number of benzene rings is 1. The average molecular weight is 346 g/mol. The number of hydrogen-bond acceptors (Lipinski definition) is 5. The number of nitrogens with one attached hydrogen (secondary N) is 2. The van der Waals surface area contributed by atoms with Gasteiger partial charge in [0, 0.05) is 25.0 Å². The Bertz CT molecular complexity index is 775. The predicted octanol–water partition coefficient (Wildman–Crippen LogP) is 4.53. The molecule has 3 rings (SSSR count). The van der Waals surface area contributed by atoms with Crippen molar-refractivity contribution in [1.82, 2.24) is 15.0 Å². The van der Waals surface area contributed by atoms with E-state index >= 15 is 0 Å². The summed E-state index contributed by atoms with van der Waals surface area (Å²) < 4.78 is 0. The third-order valence-electron chi connectivity index (χ3n) is 3.11. The Morgan fingerprint density at radius 3 is 2.35 bits per heavy atom. The molecule has 0 spiro atoms. The minimum atomic E-state index is 0.530. The van der Waals surface area contributed by atoms with E-state index in [1.165, 1.54) is 6.33 Å². The molecule has 0 saturated carbocycles. The molecule has 0 saturated heterocycles. The van der Waals surface area contributed by atoms with Crippen molar-refractivity contribution < 1.29 is 0 Å². The van der Waals surface area contributed by atoms with Crippen LogP contribution in [0.4, 0.5) is 17.3 Å². The number of rotatable bonds is 5. The van der Waals surface area contributed by atoms with Crippen LogP contribution in [0.25, 0.3) is 0 Å². The lowest BCUT2D eigenvalue weighted by atomic mass is 10.3. The second kappa shape index (κ2) is 7.26. The van der Waals surface area contributed by atoms with Gasteiger partial charge in [-0.15, -0.1) is 0 Å². The first-order valence-electron chi connectivity index (χ1n) is 6.88. The van der Waals surface area contributed by atoms with Crippen molar-refractivity contribution in [2.24, 2.45) is 0 Å². The molecule has 7 heteroatoms. The Morgan fingerprint density at radius 2 is 1.61 bits per heavy atom. The summed E-state index contributed by atoms with van der Waals surface area (Å²) in [6.07, 6.45) is 4.98. The highest BCUT2D eigenvalue weighted by Gasteiger charge is 2.07. The Balaban J connectivity index is 1.72. The van der Waals surface area contributed by atoms with Gasteiger partial charge in [-0.05, 0) is 29.8 Å². The summed E-state index contributed by atoms with van der Waals surface area (Å²) in [6.45, 7) is 0.645.